The number of aromatic nitrogens is 2. The molecule has 0 spiro atoms. The first kappa shape index (κ1) is 30.7. The molecule has 0 fully saturated rings. The van der Waals surface area contributed by atoms with Crippen molar-refractivity contribution in [2.24, 2.45) is 0 Å². The molecule has 0 N–H and O–H groups in total. The number of hydrogen-bond donors (Lipinski definition) is 0. The summed E-state index contributed by atoms with van der Waals surface area (Å²) in [5.74, 6) is 0. The number of benzene rings is 6. The van der Waals surface area contributed by atoms with Crippen LogP contribution in [0.3, 0.4) is 0 Å². The van der Waals surface area contributed by atoms with Crippen molar-refractivity contribution in [1.82, 2.24) is 9.13 Å². The van der Waals surface area contributed by atoms with Gasteiger partial charge in [-0.15, -0.1) is 0 Å². The van der Waals surface area contributed by atoms with Crippen LogP contribution in [0.25, 0.3) is 66.1 Å². The fourth-order valence-corrected chi connectivity index (χ4v) is 7.02. The predicted octanol–water partition coefficient (Wildman–Crippen LogP) is 8.65. The van der Waals surface area contributed by atoms with Crippen LogP contribution in [-0.2, 0) is 0 Å². The number of nitrogens with zero attached hydrogens (tertiary/aromatic N) is 9. The number of nitriles is 7. The summed E-state index contributed by atoms with van der Waals surface area (Å²) in [6.07, 6.45) is 0. The Bertz CT molecular complexity index is 3040. The van der Waals surface area contributed by atoms with Crippen molar-refractivity contribution in [3.05, 3.63) is 142 Å². The highest BCUT2D eigenvalue weighted by atomic mass is 15.0. The Hall–Kier alpha value is -8.65. The van der Waals surface area contributed by atoms with Crippen LogP contribution >= 0.6 is 0 Å². The second-order valence-electron chi connectivity index (χ2n) is 12.1. The average Bonchev–Trinajstić information content (AvgIpc) is 3.70. The van der Waals surface area contributed by atoms with Gasteiger partial charge in [0.05, 0.1) is 109 Å². The van der Waals surface area contributed by atoms with E-state index in [4.69, 9.17) is 0 Å². The third-order valence-corrected chi connectivity index (χ3v) is 9.27. The molecule has 0 aliphatic heterocycles. The molecule has 52 heavy (non-hydrogen) atoms. The first-order valence-electron chi connectivity index (χ1n) is 15.7. The Morgan fingerprint density at radius 1 is 0.327 bits per heavy atom. The summed E-state index contributed by atoms with van der Waals surface area (Å²) in [6, 6.07) is 45.1. The van der Waals surface area contributed by atoms with Crippen molar-refractivity contribution in [2.45, 2.75) is 0 Å². The van der Waals surface area contributed by atoms with Crippen molar-refractivity contribution in [1.29, 1.82) is 36.8 Å². The zero-order chi connectivity index (χ0) is 36.1. The third-order valence-electron chi connectivity index (χ3n) is 9.27. The molecule has 0 aliphatic carbocycles. The Kier molecular flexibility index (Phi) is 6.96. The van der Waals surface area contributed by atoms with E-state index in [0.29, 0.717) is 72.4 Å². The summed E-state index contributed by atoms with van der Waals surface area (Å²) in [6.45, 7) is 0. The highest BCUT2D eigenvalue weighted by molar-refractivity contribution is 6.12. The Morgan fingerprint density at radius 2 is 0.692 bits per heavy atom. The molecule has 0 unspecified atom stereocenters. The third kappa shape index (κ3) is 4.57. The molecular formula is C43H17N9. The van der Waals surface area contributed by atoms with Crippen molar-refractivity contribution >= 4 is 43.6 Å². The zero-order valence-corrected chi connectivity index (χ0v) is 26.8. The molecule has 0 saturated heterocycles. The summed E-state index contributed by atoms with van der Waals surface area (Å²) in [4.78, 5) is 0. The minimum absolute atomic E-state index is 0.274. The van der Waals surface area contributed by atoms with Crippen LogP contribution in [0, 0.1) is 79.3 Å². The molecule has 0 bridgehead atoms. The van der Waals surface area contributed by atoms with Crippen molar-refractivity contribution in [3.63, 3.8) is 0 Å². The van der Waals surface area contributed by atoms with Gasteiger partial charge < -0.3 is 9.13 Å². The lowest BCUT2D eigenvalue weighted by molar-refractivity contribution is 1.13. The van der Waals surface area contributed by atoms with Gasteiger partial charge >= 0.3 is 0 Å². The molecular weight excluding hydrogens is 643 g/mol. The first-order chi connectivity index (χ1) is 25.4. The van der Waals surface area contributed by atoms with E-state index in [1.54, 1.807) is 66.7 Å². The number of rotatable bonds is 3. The summed E-state index contributed by atoms with van der Waals surface area (Å²) in [5, 5.41) is 72.6. The quantitative estimate of drug-likeness (QED) is 0.182. The van der Waals surface area contributed by atoms with E-state index >= 15 is 0 Å². The molecule has 0 atom stereocenters. The molecule has 0 radical (unpaired) electrons. The summed E-state index contributed by atoms with van der Waals surface area (Å²) in [7, 11) is 0. The number of fused-ring (bicyclic) bond motifs is 6. The van der Waals surface area contributed by atoms with Gasteiger partial charge in [-0.25, -0.2) is 0 Å². The van der Waals surface area contributed by atoms with Gasteiger partial charge in [0.2, 0.25) is 0 Å². The first-order valence-corrected chi connectivity index (χ1v) is 15.7. The molecule has 8 rings (SSSR count). The molecule has 2 aromatic heterocycles. The monoisotopic (exact) mass is 659 g/mol. The summed E-state index contributed by atoms with van der Waals surface area (Å²) >= 11 is 0. The Morgan fingerprint density at radius 3 is 1.04 bits per heavy atom. The van der Waals surface area contributed by atoms with Gasteiger partial charge in [-0.05, 0) is 109 Å². The van der Waals surface area contributed by atoms with E-state index in [2.05, 4.69) is 42.5 Å². The Balaban J connectivity index is 1.56. The molecule has 234 valence electrons. The maximum absolute atomic E-state index is 10.8. The zero-order valence-electron chi connectivity index (χ0n) is 26.8. The second-order valence-corrected chi connectivity index (χ2v) is 12.1. The van der Waals surface area contributed by atoms with Gasteiger partial charge in [-0.3, -0.25) is 0 Å². The van der Waals surface area contributed by atoms with Crippen molar-refractivity contribution in [3.8, 4) is 65.0 Å². The highest BCUT2D eigenvalue weighted by Crippen LogP contribution is 2.41. The molecule has 9 nitrogen and oxygen atoms in total. The van der Waals surface area contributed by atoms with E-state index < -0.39 is 0 Å². The topological polar surface area (TPSA) is 176 Å². The molecule has 0 saturated carbocycles. The largest absolute Gasteiger partial charge is 0.309 e. The van der Waals surface area contributed by atoms with E-state index in [9.17, 15) is 36.8 Å². The second kappa shape index (κ2) is 11.8. The van der Waals surface area contributed by atoms with Crippen LogP contribution in [0.5, 0.6) is 0 Å². The van der Waals surface area contributed by atoms with E-state index in [0.717, 1.165) is 21.5 Å². The predicted molar refractivity (Wildman–Crippen MR) is 194 cm³/mol. The highest BCUT2D eigenvalue weighted by Gasteiger charge is 2.23. The van der Waals surface area contributed by atoms with Gasteiger partial charge in [0.1, 0.15) is 6.07 Å². The van der Waals surface area contributed by atoms with Gasteiger partial charge in [-0.1, -0.05) is 0 Å². The van der Waals surface area contributed by atoms with Crippen molar-refractivity contribution in [2.75, 3.05) is 0 Å². The van der Waals surface area contributed by atoms with Crippen LogP contribution in [0.2, 0.25) is 0 Å². The Labute approximate surface area is 295 Å². The van der Waals surface area contributed by atoms with Gasteiger partial charge in [0.25, 0.3) is 0 Å². The smallest absolute Gasteiger partial charge is 0.101 e. The van der Waals surface area contributed by atoms with Crippen LogP contribution in [-0.4, -0.2) is 9.13 Å². The van der Waals surface area contributed by atoms with Crippen LogP contribution < -0.4 is 0 Å². The number of hydrogen-bond acceptors (Lipinski definition) is 7. The van der Waals surface area contributed by atoms with Crippen LogP contribution in [0.15, 0.2) is 103 Å². The lowest BCUT2D eigenvalue weighted by Crippen LogP contribution is -2.04. The van der Waals surface area contributed by atoms with Crippen LogP contribution in [0.1, 0.15) is 38.9 Å². The lowest BCUT2D eigenvalue weighted by Gasteiger charge is -2.19. The van der Waals surface area contributed by atoms with E-state index in [1.165, 1.54) is 6.07 Å². The van der Waals surface area contributed by atoms with Gasteiger partial charge in [0, 0.05) is 27.1 Å². The van der Waals surface area contributed by atoms with Gasteiger partial charge in [0.15, 0.2) is 0 Å². The maximum atomic E-state index is 10.8. The fraction of sp³-hybridized carbons (Fsp3) is 0. The SMILES string of the molecule is N#Cc1cc(C#N)cc(-c2cc(-n3c4ccc(C#N)cc4c4cc(C#N)ccc43)c(C#N)cc2-n2c3ccc(C#N)cc3c3cc(C#N)ccc32)c1. The molecule has 2 heterocycles. The molecule has 0 aliphatic rings. The van der Waals surface area contributed by atoms with Gasteiger partial charge in [-0.2, -0.15) is 36.8 Å². The van der Waals surface area contributed by atoms with E-state index in [-0.39, 0.29) is 11.1 Å². The minimum Gasteiger partial charge on any atom is -0.309 e. The lowest BCUT2D eigenvalue weighted by atomic mass is 9.96. The van der Waals surface area contributed by atoms with E-state index in [1.807, 2.05) is 39.5 Å². The summed E-state index contributed by atoms with van der Waals surface area (Å²) < 4.78 is 3.88. The average molecular weight is 660 g/mol. The molecule has 0 amide bonds. The molecule has 9 heteroatoms. The standard InChI is InChI=1S/C43H17N9/c44-18-25-1-5-38-34(12-25)35-13-26(19-45)2-6-39(35)51(38)42-17-33(31-10-29(22-48)9-30(11-31)23-49)43(16-32(42)24-50)52-40-7-3-27(20-46)14-36(40)37-15-28(21-47)4-8-41(37)52/h1-17H. The molecule has 8 aromatic rings. The van der Waals surface area contributed by atoms with Crippen molar-refractivity contribution < 1.29 is 0 Å². The van der Waals surface area contributed by atoms with Crippen LogP contribution in [0.4, 0.5) is 0 Å². The summed E-state index contributed by atoms with van der Waals surface area (Å²) in [5.41, 5.74) is 7.62. The fourth-order valence-electron chi connectivity index (χ4n) is 7.02. The normalized spacial score (nSPS) is 10.6. The minimum atomic E-state index is 0.274. The maximum Gasteiger partial charge on any atom is 0.101 e. The molecule has 6 aromatic carbocycles.